The van der Waals surface area contributed by atoms with Crippen molar-refractivity contribution < 1.29 is 23.9 Å². The molecule has 2 unspecified atom stereocenters. The Morgan fingerprint density at radius 2 is 1.63 bits per heavy atom. The smallest absolute Gasteiger partial charge is 0.268 e. The summed E-state index contributed by atoms with van der Waals surface area (Å²) < 4.78 is 5.46. The van der Waals surface area contributed by atoms with E-state index in [4.69, 9.17) is 10.3 Å². The fraction of sp³-hybridized carbons (Fsp3) is 0.810. The second kappa shape index (κ2) is 15.6. The molecule has 0 spiro atoms. The van der Waals surface area contributed by atoms with Gasteiger partial charge in [0.15, 0.2) is 0 Å². The summed E-state index contributed by atoms with van der Waals surface area (Å²) in [6.07, 6.45) is 5.94. The van der Waals surface area contributed by atoms with Gasteiger partial charge in [-0.05, 0) is 32.1 Å². The lowest BCUT2D eigenvalue weighted by Gasteiger charge is -2.27. The third-order valence-corrected chi connectivity index (χ3v) is 5.26. The molecule has 0 radical (unpaired) electrons. The van der Waals surface area contributed by atoms with E-state index in [1.807, 2.05) is 6.92 Å². The first-order chi connectivity index (χ1) is 14.5. The Morgan fingerprint density at radius 3 is 2.27 bits per heavy atom. The van der Waals surface area contributed by atoms with Crippen LogP contribution in [0.5, 0.6) is 0 Å². The van der Waals surface area contributed by atoms with Crippen molar-refractivity contribution in [2.24, 2.45) is 5.92 Å². The summed E-state index contributed by atoms with van der Waals surface area (Å²) in [6.45, 7) is 5.86. The summed E-state index contributed by atoms with van der Waals surface area (Å²) in [7, 11) is 0. The van der Waals surface area contributed by atoms with E-state index in [0.717, 1.165) is 32.1 Å². The van der Waals surface area contributed by atoms with Crippen LogP contribution in [0.25, 0.3) is 5.53 Å². The molecule has 9 nitrogen and oxygen atoms in total. The first-order valence-electron chi connectivity index (χ1n) is 11.0. The van der Waals surface area contributed by atoms with Gasteiger partial charge in [0.05, 0.1) is 5.92 Å². The van der Waals surface area contributed by atoms with Crippen molar-refractivity contribution in [2.75, 3.05) is 26.3 Å². The average molecular weight is 424 g/mol. The number of hydrogen-bond acceptors (Lipinski definition) is 4. The zero-order valence-corrected chi connectivity index (χ0v) is 18.4. The van der Waals surface area contributed by atoms with Crippen molar-refractivity contribution in [3.8, 4) is 0 Å². The van der Waals surface area contributed by atoms with Crippen LogP contribution < -0.4 is 16.0 Å². The highest BCUT2D eigenvalue weighted by molar-refractivity contribution is 5.84. The summed E-state index contributed by atoms with van der Waals surface area (Å²) >= 11 is 0. The number of ether oxygens (including phenoxy) is 1. The van der Waals surface area contributed by atoms with E-state index in [0.29, 0.717) is 44.9 Å². The van der Waals surface area contributed by atoms with E-state index in [1.165, 1.54) is 0 Å². The number of nitrogens with one attached hydrogen (secondary N) is 3. The highest BCUT2D eigenvalue weighted by atomic mass is 16.5. The van der Waals surface area contributed by atoms with E-state index < -0.39 is 0 Å². The van der Waals surface area contributed by atoms with Gasteiger partial charge in [0.25, 0.3) is 5.71 Å². The van der Waals surface area contributed by atoms with Gasteiger partial charge in [-0.25, -0.2) is 0 Å². The molecule has 170 valence electrons. The molecule has 0 bridgehead atoms. The van der Waals surface area contributed by atoms with E-state index in [-0.39, 0.29) is 42.5 Å². The normalized spacial score (nSPS) is 18.2. The van der Waals surface area contributed by atoms with Gasteiger partial charge in [-0.15, -0.1) is 0 Å². The van der Waals surface area contributed by atoms with Gasteiger partial charge in [-0.2, -0.15) is 4.79 Å². The monoisotopic (exact) mass is 423 g/mol. The largest absolute Gasteiger partial charge is 0.381 e. The molecular formula is C21H37N5O4. The molecule has 1 aliphatic carbocycles. The molecular weight excluding hydrogens is 386 g/mol. The van der Waals surface area contributed by atoms with Gasteiger partial charge in [0.2, 0.25) is 17.7 Å². The Bertz CT molecular complexity index is 604. The lowest BCUT2D eigenvalue weighted by molar-refractivity contribution is -0.127. The number of hydrogen-bond donors (Lipinski definition) is 3. The molecule has 0 aromatic heterocycles. The van der Waals surface area contributed by atoms with Crippen LogP contribution in [0.4, 0.5) is 0 Å². The quantitative estimate of drug-likeness (QED) is 0.169. The molecule has 0 aromatic carbocycles. The fourth-order valence-corrected chi connectivity index (χ4v) is 3.43. The number of amides is 3. The van der Waals surface area contributed by atoms with E-state index >= 15 is 0 Å². The summed E-state index contributed by atoms with van der Waals surface area (Å²) in [5, 5.41) is 8.57. The Labute approximate surface area is 179 Å². The van der Waals surface area contributed by atoms with Crippen molar-refractivity contribution in [3.05, 3.63) is 5.53 Å². The molecule has 0 saturated heterocycles. The van der Waals surface area contributed by atoms with E-state index in [9.17, 15) is 14.4 Å². The third kappa shape index (κ3) is 11.7. The van der Waals surface area contributed by atoms with Crippen molar-refractivity contribution in [1.82, 2.24) is 16.0 Å². The molecule has 3 amide bonds. The van der Waals surface area contributed by atoms with Crippen LogP contribution in [-0.2, 0) is 19.1 Å². The molecule has 1 saturated carbocycles. The molecule has 9 heteroatoms. The maximum atomic E-state index is 12.1. The zero-order valence-electron chi connectivity index (χ0n) is 18.4. The molecule has 0 heterocycles. The standard InChI is InChI=1S/C21H37N5O4/c1-3-19(27)23-11-5-13-30-14-6-12-24-20(28)9-10-21(29)25-18-8-4-7-17(15-18)16(2)26-22/h17-18H,3-15H2,1-2H3,(H,23,27)(H,24,28)(H,25,29). The van der Waals surface area contributed by atoms with Crippen molar-refractivity contribution >= 4 is 23.4 Å². The highest BCUT2D eigenvalue weighted by Crippen LogP contribution is 2.25. The van der Waals surface area contributed by atoms with Crippen LogP contribution in [0.15, 0.2) is 0 Å². The zero-order chi connectivity index (χ0) is 22.2. The van der Waals surface area contributed by atoms with Gasteiger partial charge < -0.3 is 26.2 Å². The molecule has 0 aromatic rings. The van der Waals surface area contributed by atoms with Crippen LogP contribution in [0.1, 0.15) is 71.6 Å². The predicted molar refractivity (Wildman–Crippen MR) is 114 cm³/mol. The van der Waals surface area contributed by atoms with Crippen LogP contribution in [0.3, 0.4) is 0 Å². The van der Waals surface area contributed by atoms with Crippen LogP contribution in [-0.4, -0.2) is 60.6 Å². The molecule has 2 atom stereocenters. The molecule has 3 N–H and O–H groups in total. The molecule has 30 heavy (non-hydrogen) atoms. The molecule has 1 rings (SSSR count). The van der Waals surface area contributed by atoms with Crippen molar-refractivity contribution in [1.29, 1.82) is 0 Å². The number of rotatable bonds is 14. The van der Waals surface area contributed by atoms with Crippen LogP contribution >= 0.6 is 0 Å². The average Bonchev–Trinajstić information content (AvgIpc) is 2.75. The predicted octanol–water partition coefficient (Wildman–Crippen LogP) is 1.57. The minimum absolute atomic E-state index is 0.0422. The summed E-state index contributed by atoms with van der Waals surface area (Å²) in [6, 6.07) is 0.0726. The van der Waals surface area contributed by atoms with Gasteiger partial charge in [0, 0.05) is 58.5 Å². The summed E-state index contributed by atoms with van der Waals surface area (Å²) in [4.78, 5) is 38.3. The van der Waals surface area contributed by atoms with Gasteiger partial charge in [-0.3, -0.25) is 14.4 Å². The fourth-order valence-electron chi connectivity index (χ4n) is 3.43. The van der Waals surface area contributed by atoms with Crippen molar-refractivity contribution in [3.63, 3.8) is 0 Å². The van der Waals surface area contributed by atoms with Gasteiger partial charge >= 0.3 is 0 Å². The van der Waals surface area contributed by atoms with Gasteiger partial charge in [0.1, 0.15) is 0 Å². The molecule has 1 fully saturated rings. The summed E-state index contributed by atoms with van der Waals surface area (Å²) in [5.41, 5.74) is 9.62. The molecule has 1 aliphatic rings. The first-order valence-corrected chi connectivity index (χ1v) is 11.0. The Morgan fingerprint density at radius 1 is 1.00 bits per heavy atom. The van der Waals surface area contributed by atoms with Crippen LogP contribution in [0, 0.1) is 5.92 Å². The maximum absolute atomic E-state index is 12.1. The summed E-state index contributed by atoms with van der Waals surface area (Å²) in [5.74, 6) is -0.0136. The van der Waals surface area contributed by atoms with Gasteiger partial charge in [-0.1, -0.05) is 13.3 Å². The van der Waals surface area contributed by atoms with E-state index in [2.05, 4.69) is 20.7 Å². The third-order valence-electron chi connectivity index (χ3n) is 5.26. The van der Waals surface area contributed by atoms with Crippen LogP contribution in [0.2, 0.25) is 0 Å². The minimum atomic E-state index is -0.141. The maximum Gasteiger partial charge on any atom is 0.268 e. The minimum Gasteiger partial charge on any atom is -0.381 e. The SMILES string of the molecule is CCC(=O)NCCCOCCCNC(=O)CCC(=O)NC1CCCC(C(C)=[N+]=[N-])C1. The first kappa shape index (κ1) is 25.8. The Kier molecular flexibility index (Phi) is 13.4. The second-order valence-electron chi connectivity index (χ2n) is 7.74. The Hall–Kier alpha value is -2.25. The second-order valence-corrected chi connectivity index (χ2v) is 7.74. The van der Waals surface area contributed by atoms with E-state index in [1.54, 1.807) is 6.92 Å². The topological polar surface area (TPSA) is 133 Å². The highest BCUT2D eigenvalue weighted by Gasteiger charge is 2.28. The van der Waals surface area contributed by atoms with Crippen molar-refractivity contribution in [2.45, 2.75) is 77.7 Å². The lowest BCUT2D eigenvalue weighted by atomic mass is 9.83. The number of nitrogens with zero attached hydrogens (tertiary/aromatic N) is 2. The molecule has 0 aliphatic heterocycles. The Balaban J connectivity index is 2.02. The number of carbonyl (C=O) groups excluding carboxylic acids is 3. The lowest BCUT2D eigenvalue weighted by Crippen LogP contribution is -2.40. The number of carbonyl (C=O) groups is 3.